The largest absolute Gasteiger partial charge is 0.376 e. The number of nitrogens with zero attached hydrogens (tertiary/aromatic N) is 3. The van der Waals surface area contributed by atoms with Crippen LogP contribution < -0.4 is 16.6 Å². The van der Waals surface area contributed by atoms with Gasteiger partial charge < -0.3 is 15.0 Å². The molecule has 0 spiro atoms. The highest BCUT2D eigenvalue weighted by Gasteiger charge is 2.32. The number of fused-ring (bicyclic) bond motifs is 1. The molecule has 4 heterocycles. The lowest BCUT2D eigenvalue weighted by atomic mass is 10.2. The fraction of sp³-hybridized carbons (Fsp3) is 0.611. The Morgan fingerprint density at radius 3 is 2.59 bits per heavy atom. The average Bonchev–Trinajstić information content (AvgIpc) is 3.26. The summed E-state index contributed by atoms with van der Waals surface area (Å²) in [6.07, 6.45) is 2.72. The van der Waals surface area contributed by atoms with Crippen LogP contribution in [0.15, 0.2) is 9.59 Å². The SMILES string of the molecule is Cc1c(CN2CCNC2=O)sc2c1c(=O)n(C1CC1)c(=O)n2CC1CCO1. The minimum Gasteiger partial charge on any atom is -0.376 e. The first-order chi connectivity index (χ1) is 13.0. The molecule has 5 rings (SSSR count). The van der Waals surface area contributed by atoms with Crippen molar-refractivity contribution in [3.05, 3.63) is 31.3 Å². The van der Waals surface area contributed by atoms with Gasteiger partial charge in [0.25, 0.3) is 5.56 Å². The van der Waals surface area contributed by atoms with Crippen LogP contribution in [0.2, 0.25) is 0 Å². The summed E-state index contributed by atoms with van der Waals surface area (Å²) >= 11 is 1.46. The highest BCUT2D eigenvalue weighted by Crippen LogP contribution is 2.35. The molecule has 1 unspecified atom stereocenters. The maximum atomic E-state index is 13.1. The highest BCUT2D eigenvalue weighted by molar-refractivity contribution is 7.18. The van der Waals surface area contributed by atoms with Crippen LogP contribution in [0.5, 0.6) is 0 Å². The summed E-state index contributed by atoms with van der Waals surface area (Å²) in [7, 11) is 0. The van der Waals surface area contributed by atoms with Gasteiger partial charge in [-0.05, 0) is 31.7 Å². The number of rotatable bonds is 5. The number of carbonyl (C=O) groups is 1. The van der Waals surface area contributed by atoms with Gasteiger partial charge in [-0.15, -0.1) is 11.3 Å². The maximum Gasteiger partial charge on any atom is 0.332 e. The molecule has 2 aromatic heterocycles. The molecule has 3 aliphatic rings. The van der Waals surface area contributed by atoms with Crippen molar-refractivity contribution in [2.75, 3.05) is 19.7 Å². The molecule has 27 heavy (non-hydrogen) atoms. The Balaban J connectivity index is 1.66. The van der Waals surface area contributed by atoms with Crippen molar-refractivity contribution in [2.45, 2.75) is 51.4 Å². The fourth-order valence-corrected chi connectivity index (χ4v) is 5.16. The number of carbonyl (C=O) groups excluding carboxylic acids is 1. The van der Waals surface area contributed by atoms with Gasteiger partial charge in [-0.25, -0.2) is 9.59 Å². The van der Waals surface area contributed by atoms with Crippen LogP contribution in [0.1, 0.15) is 35.7 Å². The number of hydrogen-bond donors (Lipinski definition) is 1. The molecule has 1 N–H and O–H groups in total. The van der Waals surface area contributed by atoms with Crippen LogP contribution in [-0.4, -0.2) is 45.9 Å². The monoisotopic (exact) mass is 390 g/mol. The number of amides is 2. The predicted molar refractivity (Wildman–Crippen MR) is 102 cm³/mol. The number of urea groups is 1. The first-order valence-electron chi connectivity index (χ1n) is 9.46. The molecule has 0 radical (unpaired) electrons. The third kappa shape index (κ3) is 2.71. The lowest BCUT2D eigenvalue weighted by Crippen LogP contribution is -2.43. The molecular weight excluding hydrogens is 368 g/mol. The van der Waals surface area contributed by atoms with E-state index in [1.807, 2.05) is 6.92 Å². The van der Waals surface area contributed by atoms with Crippen LogP contribution in [0, 0.1) is 6.92 Å². The molecule has 1 aliphatic carbocycles. The van der Waals surface area contributed by atoms with Crippen LogP contribution in [0.3, 0.4) is 0 Å². The van der Waals surface area contributed by atoms with Gasteiger partial charge >= 0.3 is 11.7 Å². The minimum atomic E-state index is -0.225. The number of nitrogens with one attached hydrogen (secondary N) is 1. The topological polar surface area (TPSA) is 85.6 Å². The third-order valence-electron chi connectivity index (χ3n) is 5.71. The molecule has 2 amide bonds. The van der Waals surface area contributed by atoms with E-state index >= 15 is 0 Å². The maximum absolute atomic E-state index is 13.1. The zero-order chi connectivity index (χ0) is 18.7. The summed E-state index contributed by atoms with van der Waals surface area (Å²) in [5.74, 6) is 0. The van der Waals surface area contributed by atoms with Crippen molar-refractivity contribution >= 4 is 27.6 Å². The van der Waals surface area contributed by atoms with Crippen LogP contribution in [0.4, 0.5) is 4.79 Å². The van der Waals surface area contributed by atoms with Gasteiger partial charge in [0.1, 0.15) is 4.83 Å². The number of aromatic nitrogens is 2. The first kappa shape index (κ1) is 17.0. The van der Waals surface area contributed by atoms with Crippen molar-refractivity contribution < 1.29 is 9.53 Å². The smallest absolute Gasteiger partial charge is 0.332 e. The Kier molecular flexibility index (Phi) is 3.90. The molecule has 0 aromatic carbocycles. The quantitative estimate of drug-likeness (QED) is 0.831. The van der Waals surface area contributed by atoms with E-state index in [4.69, 9.17) is 4.74 Å². The number of aryl methyl sites for hydroxylation is 1. The van der Waals surface area contributed by atoms with E-state index in [1.165, 1.54) is 15.9 Å². The minimum absolute atomic E-state index is 0.0232. The second-order valence-electron chi connectivity index (χ2n) is 7.56. The van der Waals surface area contributed by atoms with Crippen LogP contribution >= 0.6 is 11.3 Å². The average molecular weight is 390 g/mol. The molecular formula is C18H22N4O4S. The van der Waals surface area contributed by atoms with Crippen molar-refractivity contribution in [2.24, 2.45) is 0 Å². The molecule has 2 aliphatic heterocycles. The third-order valence-corrected chi connectivity index (χ3v) is 7.01. The van der Waals surface area contributed by atoms with Crippen LogP contribution in [0.25, 0.3) is 10.2 Å². The molecule has 1 saturated carbocycles. The van der Waals surface area contributed by atoms with E-state index in [9.17, 15) is 14.4 Å². The second-order valence-corrected chi connectivity index (χ2v) is 8.65. The van der Waals surface area contributed by atoms with E-state index < -0.39 is 0 Å². The molecule has 2 saturated heterocycles. The molecule has 144 valence electrons. The Bertz CT molecular complexity index is 1040. The molecule has 2 aromatic rings. The van der Waals surface area contributed by atoms with E-state index in [0.717, 1.165) is 36.3 Å². The Hall–Kier alpha value is -2.13. The van der Waals surface area contributed by atoms with Crippen molar-refractivity contribution in [3.8, 4) is 0 Å². The Morgan fingerprint density at radius 1 is 1.22 bits per heavy atom. The summed E-state index contributed by atoms with van der Waals surface area (Å²) in [4.78, 5) is 41.5. The zero-order valence-corrected chi connectivity index (χ0v) is 16.0. The summed E-state index contributed by atoms with van der Waals surface area (Å²) in [5.41, 5.74) is 0.476. The normalized spacial score (nSPS) is 22.3. The molecule has 8 nitrogen and oxygen atoms in total. The van der Waals surface area contributed by atoms with Crippen LogP contribution in [-0.2, 0) is 17.8 Å². The van der Waals surface area contributed by atoms with Gasteiger partial charge in [0, 0.05) is 30.6 Å². The summed E-state index contributed by atoms with van der Waals surface area (Å²) in [6, 6.07) is -0.0578. The first-order valence-corrected chi connectivity index (χ1v) is 10.3. The van der Waals surface area contributed by atoms with E-state index in [0.29, 0.717) is 36.4 Å². The standard InChI is InChI=1S/C18H22N4O4S/c1-10-13(9-20-6-5-19-17(20)24)27-16-14(10)15(23)22(11-2-3-11)18(25)21(16)8-12-4-7-26-12/h11-12H,2-9H2,1H3,(H,19,24). The van der Waals surface area contributed by atoms with Gasteiger partial charge in [0.2, 0.25) is 0 Å². The highest BCUT2D eigenvalue weighted by atomic mass is 32.1. The van der Waals surface area contributed by atoms with Gasteiger partial charge in [-0.1, -0.05) is 0 Å². The summed E-state index contributed by atoms with van der Waals surface area (Å²) < 4.78 is 8.70. The summed E-state index contributed by atoms with van der Waals surface area (Å²) in [5, 5.41) is 3.43. The molecule has 3 fully saturated rings. The molecule has 9 heteroatoms. The van der Waals surface area contributed by atoms with Gasteiger partial charge in [0.05, 0.1) is 24.6 Å². The van der Waals surface area contributed by atoms with E-state index in [1.54, 1.807) is 9.47 Å². The molecule has 1 atom stereocenters. The van der Waals surface area contributed by atoms with Gasteiger partial charge in [0.15, 0.2) is 0 Å². The Morgan fingerprint density at radius 2 is 2.00 bits per heavy atom. The number of thiophene rings is 1. The van der Waals surface area contributed by atoms with Crippen molar-refractivity contribution in [3.63, 3.8) is 0 Å². The number of ether oxygens (including phenoxy) is 1. The van der Waals surface area contributed by atoms with E-state index in [2.05, 4.69) is 5.32 Å². The second kappa shape index (κ2) is 6.20. The lowest BCUT2D eigenvalue weighted by molar-refractivity contribution is -0.0593. The van der Waals surface area contributed by atoms with Gasteiger partial charge in [-0.3, -0.25) is 13.9 Å². The number of hydrogen-bond acceptors (Lipinski definition) is 5. The zero-order valence-electron chi connectivity index (χ0n) is 15.2. The van der Waals surface area contributed by atoms with Crippen molar-refractivity contribution in [1.29, 1.82) is 0 Å². The lowest BCUT2D eigenvalue weighted by Gasteiger charge is -2.27. The Labute approximate surface area is 159 Å². The predicted octanol–water partition coefficient (Wildman–Crippen LogP) is 1.18. The van der Waals surface area contributed by atoms with Crippen molar-refractivity contribution in [1.82, 2.24) is 19.4 Å². The fourth-order valence-electron chi connectivity index (χ4n) is 3.84. The molecule has 0 bridgehead atoms. The summed E-state index contributed by atoms with van der Waals surface area (Å²) in [6.45, 7) is 4.89. The van der Waals surface area contributed by atoms with E-state index in [-0.39, 0.29) is 29.4 Å². The van der Waals surface area contributed by atoms with Gasteiger partial charge in [-0.2, -0.15) is 0 Å².